The number of aryl methyl sites for hydroxylation is 1. The van der Waals surface area contributed by atoms with Gasteiger partial charge in [0.15, 0.2) is 0 Å². The third-order valence-electron chi connectivity index (χ3n) is 1.75. The van der Waals surface area contributed by atoms with Crippen molar-refractivity contribution >= 4 is 17.3 Å². The van der Waals surface area contributed by atoms with E-state index in [-0.39, 0.29) is 10.8 Å². The van der Waals surface area contributed by atoms with E-state index >= 15 is 0 Å². The lowest BCUT2D eigenvalue weighted by Crippen LogP contribution is -2.33. The summed E-state index contributed by atoms with van der Waals surface area (Å²) in [5.41, 5.74) is 0.178. The quantitative estimate of drug-likeness (QED) is 0.254. The molecule has 5 nitrogen and oxygen atoms in total. The molecule has 0 radical (unpaired) electrons. The molecule has 0 aliphatic carbocycles. The van der Waals surface area contributed by atoms with Crippen LogP contribution in [0, 0.1) is 15.3 Å². The molecule has 1 aromatic heterocycles. The first kappa shape index (κ1) is 10.7. The van der Waals surface area contributed by atoms with Gasteiger partial charge in [-0.1, -0.05) is 6.92 Å². The van der Waals surface area contributed by atoms with Crippen molar-refractivity contribution in [2.24, 2.45) is 0 Å². The Bertz CT molecular complexity index is 368. The summed E-state index contributed by atoms with van der Waals surface area (Å²) in [5, 5.41) is 21.6. The molecule has 76 valence electrons. The molecular formula is C8H9ClN2O3. The normalized spacial score (nSPS) is 10.1. The summed E-state index contributed by atoms with van der Waals surface area (Å²) >= 11 is 5.54. The molecule has 6 heteroatoms. The van der Waals surface area contributed by atoms with Crippen LogP contribution < -0.4 is 4.73 Å². The van der Waals surface area contributed by atoms with Gasteiger partial charge >= 0.3 is 0 Å². The first-order valence-electron chi connectivity index (χ1n) is 4.12. The van der Waals surface area contributed by atoms with Crippen molar-refractivity contribution < 1.29 is 9.65 Å². The Morgan fingerprint density at radius 3 is 2.71 bits per heavy atom. The molecule has 0 bridgehead atoms. The summed E-state index contributed by atoms with van der Waals surface area (Å²) in [4.78, 5) is 9.89. The van der Waals surface area contributed by atoms with Gasteiger partial charge in [-0.3, -0.25) is 10.1 Å². The Labute approximate surface area is 85.7 Å². The zero-order valence-electron chi connectivity index (χ0n) is 7.57. The Morgan fingerprint density at radius 1 is 1.57 bits per heavy atom. The molecule has 0 atom stereocenters. The van der Waals surface area contributed by atoms with E-state index in [1.807, 2.05) is 6.92 Å². The van der Waals surface area contributed by atoms with Crippen LogP contribution in [0.15, 0.2) is 12.1 Å². The number of rotatable bonds is 3. The molecule has 1 rings (SSSR count). The van der Waals surface area contributed by atoms with E-state index in [4.69, 9.17) is 11.6 Å². The first-order valence-corrected chi connectivity index (χ1v) is 4.50. The second kappa shape index (κ2) is 4.23. The van der Waals surface area contributed by atoms with Gasteiger partial charge in [0.25, 0.3) is 10.8 Å². The topological polar surface area (TPSA) is 70.1 Å². The van der Waals surface area contributed by atoms with Crippen molar-refractivity contribution in [1.82, 2.24) is 0 Å². The lowest BCUT2D eigenvalue weighted by Gasteiger charge is -2.04. The lowest BCUT2D eigenvalue weighted by molar-refractivity contribution is -0.612. The van der Waals surface area contributed by atoms with Crippen LogP contribution in [0.25, 0.3) is 0 Å². The molecule has 0 saturated carbocycles. The molecule has 0 N–H and O–H groups in total. The van der Waals surface area contributed by atoms with Crippen LogP contribution in [0.5, 0.6) is 0 Å². The Balaban J connectivity index is 3.20. The minimum atomic E-state index is -0.564. The molecule has 0 aromatic carbocycles. The van der Waals surface area contributed by atoms with Crippen molar-refractivity contribution in [3.8, 4) is 0 Å². The number of hydrogen-bond donors (Lipinski definition) is 0. The predicted molar refractivity (Wildman–Crippen MR) is 51.1 cm³/mol. The number of aromatic nitrogens is 1. The minimum Gasteiger partial charge on any atom is -0.617 e. The second-order valence-corrected chi connectivity index (χ2v) is 3.22. The van der Waals surface area contributed by atoms with Crippen molar-refractivity contribution in [2.75, 3.05) is 0 Å². The average Bonchev–Trinajstić information content (AvgIpc) is 2.12. The van der Waals surface area contributed by atoms with Gasteiger partial charge in [-0.2, -0.15) is 4.73 Å². The van der Waals surface area contributed by atoms with Crippen LogP contribution in [0.4, 0.5) is 5.69 Å². The number of hydrogen-bond acceptors (Lipinski definition) is 3. The van der Waals surface area contributed by atoms with Gasteiger partial charge in [-0.15, -0.1) is 0 Å². The van der Waals surface area contributed by atoms with Crippen molar-refractivity contribution in [3.63, 3.8) is 0 Å². The van der Waals surface area contributed by atoms with Crippen LogP contribution in [0.2, 0.25) is 5.15 Å². The van der Waals surface area contributed by atoms with E-state index < -0.39 is 4.92 Å². The number of nitrogens with zero attached hydrogens (tertiary/aromatic N) is 2. The SMILES string of the molecule is CCCc1cc([N+](=O)[O-])cc(Cl)[n+]1[O-]. The van der Waals surface area contributed by atoms with Crippen LogP contribution in [-0.4, -0.2) is 4.92 Å². The standard InChI is InChI=1S/C8H9ClN2O3/c1-2-3-6-4-7(11(13)14)5-8(9)10(6)12/h4-5H,2-3H2,1H3. The summed E-state index contributed by atoms with van der Waals surface area (Å²) in [7, 11) is 0. The van der Waals surface area contributed by atoms with Crippen molar-refractivity contribution in [2.45, 2.75) is 19.8 Å². The van der Waals surface area contributed by atoms with Gasteiger partial charge < -0.3 is 5.21 Å². The van der Waals surface area contributed by atoms with Gasteiger partial charge in [-0.05, 0) is 18.0 Å². The van der Waals surface area contributed by atoms with E-state index in [1.165, 1.54) is 6.07 Å². The highest BCUT2D eigenvalue weighted by Gasteiger charge is 2.17. The molecule has 0 aliphatic rings. The summed E-state index contributed by atoms with van der Waals surface area (Å²) in [6, 6.07) is 2.30. The lowest BCUT2D eigenvalue weighted by atomic mass is 10.2. The fraction of sp³-hybridized carbons (Fsp3) is 0.375. The van der Waals surface area contributed by atoms with Crippen LogP contribution >= 0.6 is 11.6 Å². The van der Waals surface area contributed by atoms with Gasteiger partial charge in [0.05, 0.1) is 11.0 Å². The molecule has 1 aromatic rings. The fourth-order valence-electron chi connectivity index (χ4n) is 1.12. The molecule has 14 heavy (non-hydrogen) atoms. The summed E-state index contributed by atoms with van der Waals surface area (Å²) in [5.74, 6) is 0. The number of nitro groups is 1. The zero-order valence-corrected chi connectivity index (χ0v) is 8.32. The van der Waals surface area contributed by atoms with Crippen LogP contribution in [0.3, 0.4) is 0 Å². The molecule has 0 amide bonds. The highest BCUT2D eigenvalue weighted by Crippen LogP contribution is 2.16. The van der Waals surface area contributed by atoms with E-state index in [0.717, 1.165) is 12.5 Å². The van der Waals surface area contributed by atoms with Gasteiger partial charge in [0, 0.05) is 6.42 Å². The largest absolute Gasteiger partial charge is 0.617 e. The van der Waals surface area contributed by atoms with Gasteiger partial charge in [0.1, 0.15) is 6.07 Å². The molecule has 1 heterocycles. The first-order chi connectivity index (χ1) is 6.56. The molecular weight excluding hydrogens is 208 g/mol. The maximum absolute atomic E-state index is 11.3. The highest BCUT2D eigenvalue weighted by molar-refractivity contribution is 6.28. The third-order valence-corrected chi connectivity index (χ3v) is 2.02. The van der Waals surface area contributed by atoms with E-state index in [0.29, 0.717) is 16.8 Å². The summed E-state index contributed by atoms with van der Waals surface area (Å²) in [6.07, 6.45) is 1.21. The molecule has 0 saturated heterocycles. The fourth-order valence-corrected chi connectivity index (χ4v) is 1.34. The Kier molecular flexibility index (Phi) is 3.24. The van der Waals surface area contributed by atoms with Crippen molar-refractivity contribution in [1.29, 1.82) is 0 Å². The molecule has 0 aliphatic heterocycles. The Hall–Kier alpha value is -1.36. The zero-order chi connectivity index (χ0) is 10.7. The molecule has 0 spiro atoms. The minimum absolute atomic E-state index is 0.148. The van der Waals surface area contributed by atoms with Gasteiger partial charge in [0.2, 0.25) is 5.69 Å². The van der Waals surface area contributed by atoms with E-state index in [1.54, 1.807) is 0 Å². The number of halogens is 1. The highest BCUT2D eigenvalue weighted by atomic mass is 35.5. The molecule has 0 unspecified atom stereocenters. The van der Waals surface area contributed by atoms with Crippen molar-refractivity contribution in [3.05, 3.63) is 38.3 Å². The van der Waals surface area contributed by atoms with Crippen LogP contribution in [0.1, 0.15) is 19.0 Å². The Morgan fingerprint density at radius 2 is 2.21 bits per heavy atom. The smallest absolute Gasteiger partial charge is 0.293 e. The summed E-state index contributed by atoms with van der Waals surface area (Å²) < 4.78 is 0.512. The predicted octanol–water partition coefficient (Wildman–Crippen LogP) is 1.83. The third kappa shape index (κ3) is 2.11. The second-order valence-electron chi connectivity index (χ2n) is 2.83. The van der Waals surface area contributed by atoms with E-state index in [2.05, 4.69) is 0 Å². The summed E-state index contributed by atoms with van der Waals surface area (Å²) in [6.45, 7) is 1.88. The van der Waals surface area contributed by atoms with E-state index in [9.17, 15) is 15.3 Å². The monoisotopic (exact) mass is 216 g/mol. The molecule has 0 fully saturated rings. The number of pyridine rings is 1. The van der Waals surface area contributed by atoms with Crippen LogP contribution in [-0.2, 0) is 6.42 Å². The van der Waals surface area contributed by atoms with Gasteiger partial charge in [-0.25, -0.2) is 0 Å². The maximum Gasteiger partial charge on any atom is 0.293 e. The maximum atomic E-state index is 11.3. The average molecular weight is 217 g/mol.